The summed E-state index contributed by atoms with van der Waals surface area (Å²) < 4.78 is 5.48. The van der Waals surface area contributed by atoms with Crippen molar-refractivity contribution in [3.63, 3.8) is 0 Å². The third-order valence-electron chi connectivity index (χ3n) is 18.1. The zero-order valence-electron chi connectivity index (χ0n) is 56.0. The molecule has 0 saturated heterocycles. The van der Waals surface area contributed by atoms with Crippen LogP contribution >= 0.6 is 0 Å². The highest BCUT2D eigenvalue weighted by atomic mass is 16.5. The van der Waals surface area contributed by atoms with Gasteiger partial charge in [-0.3, -0.25) is 9.59 Å². The minimum Gasteiger partial charge on any atom is -0.466 e. The summed E-state index contributed by atoms with van der Waals surface area (Å²) >= 11 is 0. The van der Waals surface area contributed by atoms with Crippen molar-refractivity contribution in [2.45, 2.75) is 450 Å². The number of aliphatic hydroxyl groups excluding tert-OH is 2. The number of ether oxygens (including phenoxy) is 1. The molecule has 6 heteroatoms. The number of rotatable bonds is 72. The minimum atomic E-state index is -0.662. The predicted molar refractivity (Wildman–Crippen MR) is 361 cm³/mol. The Hall–Kier alpha value is -1.40. The highest BCUT2D eigenvalue weighted by molar-refractivity contribution is 5.76. The molecule has 0 aliphatic carbocycles. The lowest BCUT2D eigenvalue weighted by atomic mass is 10.0. The lowest BCUT2D eigenvalue weighted by Crippen LogP contribution is -2.45. The molecule has 488 valence electrons. The van der Waals surface area contributed by atoms with Crippen molar-refractivity contribution in [2.75, 3.05) is 13.2 Å². The van der Waals surface area contributed by atoms with Crippen molar-refractivity contribution in [3.8, 4) is 0 Å². The molecule has 0 heterocycles. The van der Waals surface area contributed by atoms with Crippen molar-refractivity contribution in [2.24, 2.45) is 0 Å². The Morgan fingerprint density at radius 1 is 0.329 bits per heavy atom. The van der Waals surface area contributed by atoms with Gasteiger partial charge in [0, 0.05) is 12.8 Å². The Kier molecular flexibility index (Phi) is 70.8. The number of unbranched alkanes of at least 4 members (excludes halogenated alkanes) is 59. The second-order valence-electron chi connectivity index (χ2n) is 26.3. The molecule has 6 nitrogen and oxygen atoms in total. The molecule has 0 aliphatic heterocycles. The van der Waals surface area contributed by atoms with E-state index >= 15 is 0 Å². The minimum absolute atomic E-state index is 0.0110. The lowest BCUT2D eigenvalue weighted by Gasteiger charge is -2.22. The van der Waals surface area contributed by atoms with E-state index in [2.05, 4.69) is 31.3 Å². The van der Waals surface area contributed by atoms with E-state index in [-0.39, 0.29) is 18.5 Å². The van der Waals surface area contributed by atoms with Gasteiger partial charge in [0.2, 0.25) is 5.91 Å². The first-order valence-corrected chi connectivity index (χ1v) is 37.9. The fourth-order valence-electron chi connectivity index (χ4n) is 12.3. The molecule has 2 atom stereocenters. The Morgan fingerprint density at radius 3 is 0.890 bits per heavy atom. The molecule has 0 aromatic carbocycles. The zero-order valence-corrected chi connectivity index (χ0v) is 56.0. The second kappa shape index (κ2) is 72.1. The Bertz CT molecular complexity index is 1240. The van der Waals surface area contributed by atoms with Crippen molar-refractivity contribution in [1.29, 1.82) is 0 Å². The maximum atomic E-state index is 12.6. The third-order valence-corrected chi connectivity index (χ3v) is 18.1. The Labute approximate surface area is 514 Å². The van der Waals surface area contributed by atoms with Crippen molar-refractivity contribution in [3.05, 3.63) is 12.2 Å². The molecule has 82 heavy (non-hydrogen) atoms. The van der Waals surface area contributed by atoms with Gasteiger partial charge in [-0.15, -0.1) is 0 Å². The third kappa shape index (κ3) is 67.7. The summed E-state index contributed by atoms with van der Waals surface area (Å²) in [6.07, 6.45) is 90.0. The van der Waals surface area contributed by atoms with Crippen molar-refractivity contribution >= 4 is 11.9 Å². The molecule has 2 unspecified atom stereocenters. The van der Waals surface area contributed by atoms with E-state index in [1.807, 2.05) is 0 Å². The number of carbonyl (C=O) groups is 2. The fourth-order valence-corrected chi connectivity index (χ4v) is 12.3. The summed E-state index contributed by atoms with van der Waals surface area (Å²) in [5.41, 5.74) is 0. The van der Waals surface area contributed by atoms with Crippen LogP contribution in [-0.2, 0) is 14.3 Å². The summed E-state index contributed by atoms with van der Waals surface area (Å²) in [5.74, 6) is -0.0143. The van der Waals surface area contributed by atoms with E-state index in [0.29, 0.717) is 25.9 Å². The predicted octanol–water partition coefficient (Wildman–Crippen LogP) is 24.7. The van der Waals surface area contributed by atoms with Gasteiger partial charge in [-0.2, -0.15) is 0 Å². The van der Waals surface area contributed by atoms with Crippen LogP contribution in [0.4, 0.5) is 0 Å². The van der Waals surface area contributed by atoms with Crippen LogP contribution in [0.3, 0.4) is 0 Å². The van der Waals surface area contributed by atoms with Gasteiger partial charge in [-0.05, 0) is 51.4 Å². The van der Waals surface area contributed by atoms with Crippen LogP contribution in [0.15, 0.2) is 12.2 Å². The van der Waals surface area contributed by atoms with E-state index < -0.39 is 12.1 Å². The number of esters is 1. The van der Waals surface area contributed by atoms with Gasteiger partial charge in [-0.1, -0.05) is 386 Å². The number of hydrogen-bond donors (Lipinski definition) is 3. The van der Waals surface area contributed by atoms with E-state index in [1.54, 1.807) is 0 Å². The summed E-state index contributed by atoms with van der Waals surface area (Å²) in [6.45, 7) is 4.98. The van der Waals surface area contributed by atoms with Gasteiger partial charge >= 0.3 is 5.97 Å². The highest BCUT2D eigenvalue weighted by Crippen LogP contribution is 2.20. The summed E-state index contributed by atoms with van der Waals surface area (Å²) in [6, 6.07) is -0.539. The number of carbonyl (C=O) groups excluding carboxylic acids is 2. The molecule has 3 N–H and O–H groups in total. The van der Waals surface area contributed by atoms with Crippen LogP contribution in [0.2, 0.25) is 0 Å². The fraction of sp³-hybridized carbons (Fsp3) is 0.947. The molecule has 0 aromatic heterocycles. The summed E-state index contributed by atoms with van der Waals surface area (Å²) in [4.78, 5) is 24.6. The van der Waals surface area contributed by atoms with Gasteiger partial charge in [0.15, 0.2) is 0 Å². The van der Waals surface area contributed by atoms with E-state index in [1.165, 1.54) is 360 Å². The number of aliphatic hydroxyl groups is 2. The molecular weight excluding hydrogens is 1010 g/mol. The maximum absolute atomic E-state index is 12.6. The molecule has 0 rings (SSSR count). The van der Waals surface area contributed by atoms with E-state index in [0.717, 1.165) is 44.9 Å². The maximum Gasteiger partial charge on any atom is 0.305 e. The molecule has 0 radical (unpaired) electrons. The first-order chi connectivity index (χ1) is 40.5. The highest BCUT2D eigenvalue weighted by Gasteiger charge is 2.20. The number of hydrogen-bond acceptors (Lipinski definition) is 5. The molecule has 0 aromatic rings. The first-order valence-electron chi connectivity index (χ1n) is 37.9. The molecular formula is C76H149NO5. The number of amides is 1. The second-order valence-corrected chi connectivity index (χ2v) is 26.3. The number of allylic oxidation sites excluding steroid dienone is 2. The molecule has 0 bridgehead atoms. The zero-order chi connectivity index (χ0) is 59.2. The quantitative estimate of drug-likeness (QED) is 0.0320. The first kappa shape index (κ1) is 80.6. The average molecular weight is 1160 g/mol. The van der Waals surface area contributed by atoms with Crippen LogP contribution in [0.5, 0.6) is 0 Å². The monoisotopic (exact) mass is 1160 g/mol. The van der Waals surface area contributed by atoms with Crippen molar-refractivity contribution in [1.82, 2.24) is 5.32 Å². The van der Waals surface area contributed by atoms with Crippen LogP contribution in [0.25, 0.3) is 0 Å². The molecule has 0 fully saturated rings. The summed E-state index contributed by atoms with van der Waals surface area (Å²) in [7, 11) is 0. The van der Waals surface area contributed by atoms with Crippen molar-refractivity contribution < 1.29 is 24.5 Å². The van der Waals surface area contributed by atoms with E-state index in [9.17, 15) is 19.8 Å². The van der Waals surface area contributed by atoms with Gasteiger partial charge < -0.3 is 20.3 Å². The molecule has 0 spiro atoms. The van der Waals surface area contributed by atoms with Gasteiger partial charge in [0.05, 0.1) is 25.4 Å². The van der Waals surface area contributed by atoms with Gasteiger partial charge in [-0.25, -0.2) is 0 Å². The lowest BCUT2D eigenvalue weighted by molar-refractivity contribution is -0.143. The van der Waals surface area contributed by atoms with E-state index in [4.69, 9.17) is 4.74 Å². The largest absolute Gasteiger partial charge is 0.466 e. The standard InChI is InChI=1S/C76H149NO5/c1-3-5-7-9-11-13-15-17-18-19-20-21-30-33-36-39-42-45-48-52-56-60-64-68-74(79)73(72-78)77-75(80)69-65-61-57-53-49-46-43-40-37-34-31-28-26-24-22-23-25-27-29-32-35-38-41-44-47-51-55-59-63-67-71-82-76(81)70-66-62-58-54-50-16-14-12-10-8-6-4-2/h12,14,73-74,78-79H,3-11,13,15-72H2,1-2H3,(H,77,80)/b14-12-. The molecule has 0 saturated carbocycles. The SMILES string of the molecule is CCCCC/C=C\CCCCCCCC(=O)OCCCCCCCCCCCCCCCCCCCCCCCCCCCCCCCCC(=O)NC(CO)C(O)CCCCCCCCCCCCCCCCCCCCCCCCC. The van der Waals surface area contributed by atoms with Gasteiger partial charge in [0.25, 0.3) is 0 Å². The Morgan fingerprint density at radius 2 is 0.573 bits per heavy atom. The summed E-state index contributed by atoms with van der Waals surface area (Å²) in [5, 5.41) is 23.5. The van der Waals surface area contributed by atoms with Crippen LogP contribution < -0.4 is 5.32 Å². The smallest absolute Gasteiger partial charge is 0.305 e. The normalized spacial score (nSPS) is 12.5. The van der Waals surface area contributed by atoms with Crippen LogP contribution in [-0.4, -0.2) is 47.4 Å². The van der Waals surface area contributed by atoms with Crippen LogP contribution in [0, 0.1) is 0 Å². The Balaban J connectivity index is 3.34. The molecule has 1 amide bonds. The average Bonchev–Trinajstić information content (AvgIpc) is 3.48. The molecule has 0 aliphatic rings. The van der Waals surface area contributed by atoms with Gasteiger partial charge in [0.1, 0.15) is 0 Å². The topological polar surface area (TPSA) is 95.9 Å². The van der Waals surface area contributed by atoms with Crippen LogP contribution in [0.1, 0.15) is 438 Å². The number of nitrogens with one attached hydrogen (secondary N) is 1.